The molecule has 0 radical (unpaired) electrons. The lowest BCUT2D eigenvalue weighted by Gasteiger charge is -2.19. The molecule has 0 atom stereocenters. The highest BCUT2D eigenvalue weighted by Gasteiger charge is 2.22. The Morgan fingerprint density at radius 2 is 1.76 bits per heavy atom. The Labute approximate surface area is 251 Å². The fourth-order valence-corrected chi connectivity index (χ4v) is 5.53. The highest BCUT2D eigenvalue weighted by atomic mass is 35.5. The van der Waals surface area contributed by atoms with Crippen LogP contribution in [-0.2, 0) is 19.5 Å². The quantitative estimate of drug-likeness (QED) is 0.158. The van der Waals surface area contributed by atoms with Crippen LogP contribution in [0.3, 0.4) is 0 Å². The van der Waals surface area contributed by atoms with Crippen molar-refractivity contribution < 1.29 is 4.79 Å². The summed E-state index contributed by atoms with van der Waals surface area (Å²) in [5.74, 6) is 1.46. The van der Waals surface area contributed by atoms with Gasteiger partial charge in [-0.05, 0) is 64.3 Å². The molecule has 9 nitrogen and oxygen atoms in total. The number of aryl methyl sites for hydroxylation is 1. The van der Waals surface area contributed by atoms with E-state index >= 15 is 0 Å². The summed E-state index contributed by atoms with van der Waals surface area (Å²) in [4.78, 5) is 23.8. The molecule has 0 aliphatic rings. The van der Waals surface area contributed by atoms with Crippen molar-refractivity contribution in [2.24, 2.45) is 0 Å². The zero-order chi connectivity index (χ0) is 29.5. The first kappa shape index (κ1) is 29.3. The van der Waals surface area contributed by atoms with E-state index in [1.54, 1.807) is 6.20 Å². The molecule has 0 fully saturated rings. The minimum Gasteiger partial charge on any atom is -0.322 e. The third-order valence-corrected chi connectivity index (χ3v) is 7.77. The van der Waals surface area contributed by atoms with Crippen LogP contribution in [-0.4, -0.2) is 59.4 Å². The summed E-state index contributed by atoms with van der Waals surface area (Å²) in [6, 6.07) is 18.5. The van der Waals surface area contributed by atoms with Crippen molar-refractivity contribution in [1.29, 1.82) is 0 Å². The van der Waals surface area contributed by atoms with Gasteiger partial charge in [-0.3, -0.25) is 14.7 Å². The van der Waals surface area contributed by atoms with E-state index in [9.17, 15) is 4.79 Å². The number of imidazole rings is 1. The van der Waals surface area contributed by atoms with Crippen LogP contribution in [0.2, 0.25) is 5.15 Å². The van der Waals surface area contributed by atoms with Crippen LogP contribution in [0.5, 0.6) is 0 Å². The largest absolute Gasteiger partial charge is 0.322 e. The SMILES string of the molecule is CCCCc1nc(Cl)c(-c2cc(CN(CC)CC)cnc2C=O)n1Cc1ccc(-c2ccccc2)c(-c2nnn[nH]2)c1. The van der Waals surface area contributed by atoms with E-state index in [0.717, 1.165) is 78.8 Å². The summed E-state index contributed by atoms with van der Waals surface area (Å²) in [7, 11) is 0. The second kappa shape index (κ2) is 13.6. The topological polar surface area (TPSA) is 105 Å². The van der Waals surface area contributed by atoms with Crippen LogP contribution in [0.4, 0.5) is 0 Å². The van der Waals surface area contributed by atoms with Crippen molar-refractivity contribution in [2.45, 2.75) is 53.1 Å². The maximum absolute atomic E-state index is 12.2. The number of benzene rings is 2. The maximum Gasteiger partial charge on any atom is 0.180 e. The third kappa shape index (κ3) is 6.32. The number of pyridine rings is 1. The first-order valence-electron chi connectivity index (χ1n) is 14.4. The highest BCUT2D eigenvalue weighted by molar-refractivity contribution is 6.32. The molecule has 0 bridgehead atoms. The number of rotatable bonds is 13. The molecule has 2 aromatic carbocycles. The summed E-state index contributed by atoms with van der Waals surface area (Å²) in [6.45, 7) is 9.49. The van der Waals surface area contributed by atoms with Gasteiger partial charge in [-0.2, -0.15) is 0 Å². The monoisotopic (exact) mass is 582 g/mol. The number of hydrogen-bond donors (Lipinski definition) is 1. The number of unbranched alkanes of at least 4 members (excludes halogenated alkanes) is 1. The Bertz CT molecular complexity index is 1630. The Kier molecular flexibility index (Phi) is 9.51. The van der Waals surface area contributed by atoms with Crippen LogP contribution >= 0.6 is 11.6 Å². The summed E-state index contributed by atoms with van der Waals surface area (Å²) in [6.07, 6.45) is 5.32. The average molecular weight is 583 g/mol. The average Bonchev–Trinajstić information content (AvgIpc) is 3.67. The molecule has 0 aliphatic heterocycles. The molecule has 3 heterocycles. The standard InChI is InChI=1S/C32H35ClN8O/c1-4-7-13-29-35-31(33)30(27-17-23(18-34-28(27)21-42)19-40(5-2)6-3)41(29)20-22-14-15-25(24-11-9-8-10-12-24)26(16-22)32-36-38-39-37-32/h8-12,14-18,21H,4-7,13,19-20H2,1-3H3,(H,36,37,38,39). The van der Waals surface area contributed by atoms with Gasteiger partial charge >= 0.3 is 0 Å². The van der Waals surface area contributed by atoms with Gasteiger partial charge in [0, 0.05) is 36.8 Å². The minimum absolute atomic E-state index is 0.344. The predicted molar refractivity (Wildman–Crippen MR) is 165 cm³/mol. The van der Waals surface area contributed by atoms with E-state index in [1.807, 2.05) is 24.3 Å². The van der Waals surface area contributed by atoms with E-state index in [1.165, 1.54) is 0 Å². The molecule has 10 heteroatoms. The molecule has 3 aromatic heterocycles. The molecule has 0 amide bonds. The highest BCUT2D eigenvalue weighted by Crippen LogP contribution is 2.35. The van der Waals surface area contributed by atoms with Crippen molar-refractivity contribution in [3.8, 4) is 33.8 Å². The first-order valence-corrected chi connectivity index (χ1v) is 14.8. The van der Waals surface area contributed by atoms with Crippen LogP contribution in [0, 0.1) is 0 Å². The summed E-state index contributed by atoms with van der Waals surface area (Å²) < 4.78 is 2.13. The van der Waals surface area contributed by atoms with Crippen molar-refractivity contribution in [2.75, 3.05) is 13.1 Å². The number of halogens is 1. The van der Waals surface area contributed by atoms with E-state index in [-0.39, 0.29) is 0 Å². The van der Waals surface area contributed by atoms with Crippen molar-refractivity contribution in [3.63, 3.8) is 0 Å². The van der Waals surface area contributed by atoms with Crippen LogP contribution < -0.4 is 0 Å². The van der Waals surface area contributed by atoms with E-state index < -0.39 is 0 Å². The van der Waals surface area contributed by atoms with Gasteiger partial charge in [0.2, 0.25) is 0 Å². The van der Waals surface area contributed by atoms with E-state index in [0.29, 0.717) is 34.5 Å². The molecule has 0 spiro atoms. The number of tetrazole rings is 1. The summed E-state index contributed by atoms with van der Waals surface area (Å²) in [5.41, 5.74) is 6.75. The van der Waals surface area contributed by atoms with Gasteiger partial charge in [-0.25, -0.2) is 10.1 Å². The van der Waals surface area contributed by atoms with Crippen LogP contribution in [0.15, 0.2) is 60.8 Å². The number of aromatic amines is 1. The Hall–Kier alpha value is -4.21. The number of aldehydes is 1. The number of nitrogens with zero attached hydrogens (tertiary/aromatic N) is 7. The fourth-order valence-electron chi connectivity index (χ4n) is 5.22. The first-order chi connectivity index (χ1) is 20.6. The molecule has 0 aliphatic carbocycles. The number of hydrogen-bond acceptors (Lipinski definition) is 7. The van der Waals surface area contributed by atoms with Gasteiger partial charge < -0.3 is 4.57 Å². The lowest BCUT2D eigenvalue weighted by atomic mass is 9.97. The molecule has 5 rings (SSSR count). The lowest BCUT2D eigenvalue weighted by molar-refractivity contribution is 0.111. The van der Waals surface area contributed by atoms with Crippen molar-refractivity contribution in [3.05, 3.63) is 88.6 Å². The van der Waals surface area contributed by atoms with Gasteiger partial charge in [0.1, 0.15) is 11.5 Å². The molecule has 1 N–H and O–H groups in total. The molecule has 42 heavy (non-hydrogen) atoms. The fraction of sp³-hybridized carbons (Fsp3) is 0.312. The number of carbonyl (C=O) groups excluding carboxylic acids is 1. The Morgan fingerprint density at radius 1 is 0.976 bits per heavy atom. The number of nitrogens with one attached hydrogen (secondary N) is 1. The maximum atomic E-state index is 12.2. The number of aromatic nitrogens is 7. The van der Waals surface area contributed by atoms with Gasteiger partial charge in [0.25, 0.3) is 0 Å². The molecule has 0 saturated carbocycles. The summed E-state index contributed by atoms with van der Waals surface area (Å²) in [5, 5.41) is 15.1. The third-order valence-electron chi connectivity index (χ3n) is 7.51. The van der Waals surface area contributed by atoms with Crippen molar-refractivity contribution in [1.82, 2.24) is 40.1 Å². The molecule has 0 saturated heterocycles. The van der Waals surface area contributed by atoms with Gasteiger partial charge in [0.05, 0.1) is 5.69 Å². The van der Waals surface area contributed by atoms with Gasteiger partial charge in [-0.15, -0.1) is 5.10 Å². The Morgan fingerprint density at radius 3 is 2.45 bits per heavy atom. The van der Waals surface area contributed by atoms with Gasteiger partial charge in [-0.1, -0.05) is 81.3 Å². The zero-order valence-corrected chi connectivity index (χ0v) is 25.0. The second-order valence-corrected chi connectivity index (χ2v) is 10.6. The molecular formula is C32H35ClN8O. The van der Waals surface area contributed by atoms with Gasteiger partial charge in [0.15, 0.2) is 17.3 Å². The van der Waals surface area contributed by atoms with E-state index in [4.69, 9.17) is 16.6 Å². The van der Waals surface area contributed by atoms with Crippen LogP contribution in [0.25, 0.3) is 33.8 Å². The normalized spacial score (nSPS) is 11.4. The van der Waals surface area contributed by atoms with Crippen LogP contribution in [0.1, 0.15) is 61.1 Å². The number of H-pyrrole nitrogens is 1. The number of carbonyl (C=O) groups is 1. The molecule has 216 valence electrons. The zero-order valence-electron chi connectivity index (χ0n) is 24.2. The lowest BCUT2D eigenvalue weighted by Crippen LogP contribution is -2.22. The van der Waals surface area contributed by atoms with E-state index in [2.05, 4.69) is 86.2 Å². The molecule has 0 unspecified atom stereocenters. The second-order valence-electron chi connectivity index (χ2n) is 10.2. The minimum atomic E-state index is 0.344. The van der Waals surface area contributed by atoms with Crippen molar-refractivity contribution >= 4 is 17.9 Å². The molecule has 5 aromatic rings. The smallest absolute Gasteiger partial charge is 0.180 e. The Balaban J connectivity index is 1.62. The summed E-state index contributed by atoms with van der Waals surface area (Å²) >= 11 is 6.87. The molecular weight excluding hydrogens is 548 g/mol. The predicted octanol–water partition coefficient (Wildman–Crippen LogP) is 6.49.